The lowest BCUT2D eigenvalue weighted by Crippen LogP contribution is -2.23. The number of ether oxygens (including phenoxy) is 4. The van der Waals surface area contributed by atoms with Crippen molar-refractivity contribution >= 4 is 17.6 Å². The number of para-hydroxylation sites is 1. The Morgan fingerprint density at radius 3 is 2.37 bits per heavy atom. The SMILES string of the molecule is CCc1ccccc1OCC(=O)OCC(=O)Nc1ccc(OC)c(OC)c1. The van der Waals surface area contributed by atoms with Gasteiger partial charge in [0, 0.05) is 11.8 Å². The van der Waals surface area contributed by atoms with E-state index in [1.165, 1.54) is 14.2 Å². The van der Waals surface area contributed by atoms with Gasteiger partial charge in [0.05, 0.1) is 14.2 Å². The molecular formula is C20H23NO6. The molecule has 7 nitrogen and oxygen atoms in total. The second-order valence-electron chi connectivity index (χ2n) is 5.53. The van der Waals surface area contributed by atoms with E-state index in [9.17, 15) is 9.59 Å². The third kappa shape index (κ3) is 5.91. The average molecular weight is 373 g/mol. The lowest BCUT2D eigenvalue weighted by molar-refractivity contribution is -0.149. The van der Waals surface area contributed by atoms with Crippen LogP contribution in [0.25, 0.3) is 0 Å². The van der Waals surface area contributed by atoms with Crippen LogP contribution in [0.4, 0.5) is 5.69 Å². The molecule has 0 aromatic heterocycles. The van der Waals surface area contributed by atoms with Crippen LogP contribution in [-0.4, -0.2) is 39.3 Å². The summed E-state index contributed by atoms with van der Waals surface area (Å²) in [6.07, 6.45) is 0.791. The normalized spacial score (nSPS) is 10.0. The van der Waals surface area contributed by atoms with Crippen LogP contribution in [0, 0.1) is 0 Å². The van der Waals surface area contributed by atoms with Crippen LogP contribution in [0.15, 0.2) is 42.5 Å². The highest BCUT2D eigenvalue weighted by Gasteiger charge is 2.11. The van der Waals surface area contributed by atoms with Gasteiger partial charge in [0.25, 0.3) is 5.91 Å². The molecule has 0 aliphatic heterocycles. The first-order chi connectivity index (χ1) is 13.1. The average Bonchev–Trinajstić information content (AvgIpc) is 2.70. The smallest absolute Gasteiger partial charge is 0.344 e. The van der Waals surface area contributed by atoms with E-state index in [2.05, 4.69) is 5.32 Å². The quantitative estimate of drug-likeness (QED) is 0.681. The number of hydrogen-bond donors (Lipinski definition) is 1. The largest absolute Gasteiger partial charge is 0.493 e. The third-order valence-corrected chi connectivity index (χ3v) is 3.73. The van der Waals surface area contributed by atoms with E-state index in [0.29, 0.717) is 22.9 Å². The van der Waals surface area contributed by atoms with E-state index in [4.69, 9.17) is 18.9 Å². The Hall–Kier alpha value is -3.22. The lowest BCUT2D eigenvalue weighted by atomic mass is 10.1. The van der Waals surface area contributed by atoms with Gasteiger partial charge in [-0.15, -0.1) is 0 Å². The number of amides is 1. The maximum absolute atomic E-state index is 11.9. The number of aryl methyl sites for hydroxylation is 1. The highest BCUT2D eigenvalue weighted by Crippen LogP contribution is 2.29. The van der Waals surface area contributed by atoms with Gasteiger partial charge in [0.2, 0.25) is 0 Å². The van der Waals surface area contributed by atoms with E-state index >= 15 is 0 Å². The topological polar surface area (TPSA) is 83.1 Å². The van der Waals surface area contributed by atoms with Gasteiger partial charge in [0.1, 0.15) is 5.75 Å². The Labute approximate surface area is 158 Å². The second kappa shape index (κ2) is 10.1. The summed E-state index contributed by atoms with van der Waals surface area (Å²) in [5, 5.41) is 2.62. The first-order valence-corrected chi connectivity index (χ1v) is 8.45. The number of carbonyl (C=O) groups is 2. The van der Waals surface area contributed by atoms with E-state index in [0.717, 1.165) is 12.0 Å². The molecule has 0 aliphatic rings. The van der Waals surface area contributed by atoms with Gasteiger partial charge < -0.3 is 24.3 Å². The first-order valence-electron chi connectivity index (χ1n) is 8.45. The number of anilines is 1. The zero-order valence-electron chi connectivity index (χ0n) is 15.6. The summed E-state index contributed by atoms with van der Waals surface area (Å²) in [5.74, 6) is 0.571. The molecule has 27 heavy (non-hydrogen) atoms. The van der Waals surface area contributed by atoms with Crippen molar-refractivity contribution in [3.8, 4) is 17.2 Å². The van der Waals surface area contributed by atoms with Crippen molar-refractivity contribution in [1.29, 1.82) is 0 Å². The van der Waals surface area contributed by atoms with Gasteiger partial charge in [-0.3, -0.25) is 4.79 Å². The van der Waals surface area contributed by atoms with E-state index in [1.807, 2.05) is 25.1 Å². The molecule has 2 rings (SSSR count). The Bertz CT molecular complexity index is 790. The van der Waals surface area contributed by atoms with E-state index < -0.39 is 18.5 Å². The van der Waals surface area contributed by atoms with Gasteiger partial charge in [-0.05, 0) is 30.2 Å². The highest BCUT2D eigenvalue weighted by molar-refractivity contribution is 5.93. The van der Waals surface area contributed by atoms with Crippen molar-refractivity contribution in [1.82, 2.24) is 0 Å². The van der Waals surface area contributed by atoms with Gasteiger partial charge >= 0.3 is 5.97 Å². The molecule has 0 heterocycles. The predicted molar refractivity (Wildman–Crippen MR) is 100 cm³/mol. The molecule has 144 valence electrons. The molecule has 0 radical (unpaired) electrons. The van der Waals surface area contributed by atoms with Crippen LogP contribution in [0.3, 0.4) is 0 Å². The van der Waals surface area contributed by atoms with Gasteiger partial charge in [-0.25, -0.2) is 4.79 Å². The van der Waals surface area contributed by atoms with Crippen molar-refractivity contribution in [2.75, 3.05) is 32.8 Å². The molecule has 2 aromatic rings. The van der Waals surface area contributed by atoms with Crippen LogP contribution < -0.4 is 19.5 Å². The minimum Gasteiger partial charge on any atom is -0.493 e. The number of rotatable bonds is 9. The molecule has 0 unspecified atom stereocenters. The number of benzene rings is 2. The lowest BCUT2D eigenvalue weighted by Gasteiger charge is -2.11. The van der Waals surface area contributed by atoms with Crippen LogP contribution in [0.1, 0.15) is 12.5 Å². The Balaban J connectivity index is 1.80. The summed E-state index contributed by atoms with van der Waals surface area (Å²) < 4.78 is 20.7. The van der Waals surface area contributed by atoms with E-state index in [1.54, 1.807) is 24.3 Å². The molecule has 0 atom stereocenters. The minimum atomic E-state index is -0.622. The number of methoxy groups -OCH3 is 2. The Morgan fingerprint density at radius 1 is 0.926 bits per heavy atom. The highest BCUT2D eigenvalue weighted by atomic mass is 16.6. The first kappa shape index (κ1) is 20.1. The fraction of sp³-hybridized carbons (Fsp3) is 0.300. The molecule has 7 heteroatoms. The van der Waals surface area contributed by atoms with Crippen molar-refractivity contribution in [3.63, 3.8) is 0 Å². The van der Waals surface area contributed by atoms with E-state index in [-0.39, 0.29) is 6.61 Å². The maximum atomic E-state index is 11.9. The summed E-state index contributed by atoms with van der Waals surface area (Å²) in [6.45, 7) is 1.33. The van der Waals surface area contributed by atoms with Gasteiger partial charge in [0.15, 0.2) is 24.7 Å². The predicted octanol–water partition coefficient (Wildman–Crippen LogP) is 2.83. The summed E-state index contributed by atoms with van der Waals surface area (Å²) >= 11 is 0. The molecule has 0 fully saturated rings. The van der Waals surface area contributed by atoms with Crippen molar-refractivity contribution in [2.24, 2.45) is 0 Å². The zero-order valence-corrected chi connectivity index (χ0v) is 15.6. The van der Waals surface area contributed by atoms with Crippen molar-refractivity contribution in [2.45, 2.75) is 13.3 Å². The molecule has 2 aromatic carbocycles. The van der Waals surface area contributed by atoms with Crippen LogP contribution >= 0.6 is 0 Å². The summed E-state index contributed by atoms with van der Waals surface area (Å²) in [4.78, 5) is 23.7. The third-order valence-electron chi connectivity index (χ3n) is 3.73. The van der Waals surface area contributed by atoms with Crippen molar-refractivity contribution < 1.29 is 28.5 Å². The number of carbonyl (C=O) groups excluding carboxylic acids is 2. The molecular weight excluding hydrogens is 350 g/mol. The minimum absolute atomic E-state index is 0.263. The summed E-state index contributed by atoms with van der Waals surface area (Å²) in [5.41, 5.74) is 1.50. The van der Waals surface area contributed by atoms with Gasteiger partial charge in [-0.2, -0.15) is 0 Å². The molecule has 0 bridgehead atoms. The fourth-order valence-corrected chi connectivity index (χ4v) is 2.37. The van der Waals surface area contributed by atoms with Crippen molar-refractivity contribution in [3.05, 3.63) is 48.0 Å². The Morgan fingerprint density at radius 2 is 1.67 bits per heavy atom. The molecule has 0 aliphatic carbocycles. The molecule has 1 amide bonds. The molecule has 0 saturated heterocycles. The standard InChI is InChI=1S/C20H23NO6/c1-4-14-7-5-6-8-16(14)26-13-20(23)27-12-19(22)21-15-9-10-17(24-2)18(11-15)25-3/h5-11H,4,12-13H2,1-3H3,(H,21,22). The number of esters is 1. The summed E-state index contributed by atoms with van der Waals surface area (Å²) in [6, 6.07) is 12.4. The summed E-state index contributed by atoms with van der Waals surface area (Å²) in [7, 11) is 3.03. The molecule has 0 spiro atoms. The van der Waals surface area contributed by atoms with Crippen LogP contribution in [-0.2, 0) is 20.7 Å². The second-order valence-corrected chi connectivity index (χ2v) is 5.53. The maximum Gasteiger partial charge on any atom is 0.344 e. The zero-order chi connectivity index (χ0) is 19.6. The molecule has 1 N–H and O–H groups in total. The Kier molecular flexibility index (Phi) is 7.49. The van der Waals surface area contributed by atoms with Gasteiger partial charge in [-0.1, -0.05) is 25.1 Å². The van der Waals surface area contributed by atoms with Crippen LogP contribution in [0.2, 0.25) is 0 Å². The monoisotopic (exact) mass is 373 g/mol. The number of nitrogens with one attached hydrogen (secondary N) is 1. The van der Waals surface area contributed by atoms with Crippen LogP contribution in [0.5, 0.6) is 17.2 Å². The number of hydrogen-bond acceptors (Lipinski definition) is 6. The molecule has 0 saturated carbocycles. The fourth-order valence-electron chi connectivity index (χ4n) is 2.37.